The molecule has 0 atom stereocenters. The molecular formula is C22H28N2O3. The molecule has 0 saturated heterocycles. The van der Waals surface area contributed by atoms with Crippen molar-refractivity contribution in [2.75, 3.05) is 25.1 Å². The van der Waals surface area contributed by atoms with Gasteiger partial charge in [-0.05, 0) is 49.1 Å². The van der Waals surface area contributed by atoms with E-state index < -0.39 is 0 Å². The average molecular weight is 368 g/mol. The van der Waals surface area contributed by atoms with Crippen molar-refractivity contribution in [3.05, 3.63) is 59.2 Å². The number of carbonyl (C=O) groups is 2. The normalized spacial score (nSPS) is 10.4. The molecule has 2 aromatic rings. The van der Waals surface area contributed by atoms with Gasteiger partial charge in [0.1, 0.15) is 5.75 Å². The standard InChI is InChI=1S/C22H28N2O3/c1-16-7-5-8-17(2)22(16)24(18(3)25)14-12-21(26)23-13-11-19-9-6-10-20(15-19)27-4/h5-10,15H,11-14H2,1-4H3,(H,23,26). The number of nitrogens with one attached hydrogen (secondary N) is 1. The van der Waals surface area contributed by atoms with Crippen molar-refractivity contribution in [1.29, 1.82) is 0 Å². The van der Waals surface area contributed by atoms with Crippen LogP contribution in [0.5, 0.6) is 5.75 Å². The van der Waals surface area contributed by atoms with Gasteiger partial charge in [0.25, 0.3) is 0 Å². The van der Waals surface area contributed by atoms with Gasteiger partial charge in [-0.3, -0.25) is 9.59 Å². The Morgan fingerprint density at radius 1 is 1.07 bits per heavy atom. The number of aryl methyl sites for hydroxylation is 2. The average Bonchev–Trinajstić information content (AvgIpc) is 2.64. The van der Waals surface area contributed by atoms with Crippen LogP contribution in [0.15, 0.2) is 42.5 Å². The molecule has 2 aromatic carbocycles. The second kappa shape index (κ2) is 9.76. The van der Waals surface area contributed by atoms with Gasteiger partial charge < -0.3 is 15.0 Å². The molecule has 0 bridgehead atoms. The lowest BCUT2D eigenvalue weighted by Gasteiger charge is -2.25. The third-order valence-corrected chi connectivity index (χ3v) is 4.52. The zero-order valence-electron chi connectivity index (χ0n) is 16.5. The minimum atomic E-state index is -0.0598. The van der Waals surface area contributed by atoms with Crippen LogP contribution in [0, 0.1) is 13.8 Å². The zero-order chi connectivity index (χ0) is 19.8. The SMILES string of the molecule is COc1cccc(CCNC(=O)CCN(C(C)=O)c2c(C)cccc2C)c1. The Labute approximate surface area is 161 Å². The van der Waals surface area contributed by atoms with Gasteiger partial charge in [-0.15, -0.1) is 0 Å². The summed E-state index contributed by atoms with van der Waals surface area (Å²) in [5.74, 6) is 0.691. The molecule has 0 radical (unpaired) electrons. The van der Waals surface area contributed by atoms with E-state index in [-0.39, 0.29) is 18.2 Å². The molecular weight excluding hydrogens is 340 g/mol. The van der Waals surface area contributed by atoms with Crippen LogP contribution in [-0.2, 0) is 16.0 Å². The summed E-state index contributed by atoms with van der Waals surface area (Å²) in [4.78, 5) is 26.0. The van der Waals surface area contributed by atoms with Gasteiger partial charge in [-0.25, -0.2) is 0 Å². The first-order chi connectivity index (χ1) is 12.9. The molecule has 5 nitrogen and oxygen atoms in total. The Bertz CT molecular complexity index is 782. The number of hydrogen-bond donors (Lipinski definition) is 1. The minimum Gasteiger partial charge on any atom is -0.497 e. The van der Waals surface area contributed by atoms with Crippen molar-refractivity contribution >= 4 is 17.5 Å². The van der Waals surface area contributed by atoms with Gasteiger partial charge in [-0.2, -0.15) is 0 Å². The molecule has 2 amide bonds. The molecule has 1 N–H and O–H groups in total. The quantitative estimate of drug-likeness (QED) is 0.777. The maximum Gasteiger partial charge on any atom is 0.223 e. The highest BCUT2D eigenvalue weighted by Gasteiger charge is 2.17. The molecule has 5 heteroatoms. The highest BCUT2D eigenvalue weighted by Crippen LogP contribution is 2.24. The van der Waals surface area contributed by atoms with Crippen LogP contribution in [0.3, 0.4) is 0 Å². The summed E-state index contributed by atoms with van der Waals surface area (Å²) in [6.07, 6.45) is 1.00. The van der Waals surface area contributed by atoms with Crippen molar-refractivity contribution in [3.63, 3.8) is 0 Å². The third-order valence-electron chi connectivity index (χ3n) is 4.52. The fraction of sp³-hybridized carbons (Fsp3) is 0.364. The van der Waals surface area contributed by atoms with Crippen LogP contribution in [0.2, 0.25) is 0 Å². The Morgan fingerprint density at radius 3 is 2.37 bits per heavy atom. The van der Waals surface area contributed by atoms with E-state index >= 15 is 0 Å². The van der Waals surface area contributed by atoms with Crippen molar-refractivity contribution in [1.82, 2.24) is 5.32 Å². The van der Waals surface area contributed by atoms with Crippen molar-refractivity contribution in [2.24, 2.45) is 0 Å². The number of ether oxygens (including phenoxy) is 1. The molecule has 27 heavy (non-hydrogen) atoms. The highest BCUT2D eigenvalue weighted by molar-refractivity contribution is 5.94. The Morgan fingerprint density at radius 2 is 1.74 bits per heavy atom. The van der Waals surface area contributed by atoms with Crippen LogP contribution in [0.25, 0.3) is 0 Å². The van der Waals surface area contributed by atoms with E-state index in [9.17, 15) is 9.59 Å². The predicted molar refractivity (Wildman–Crippen MR) is 108 cm³/mol. The summed E-state index contributed by atoms with van der Waals surface area (Å²) >= 11 is 0. The van der Waals surface area contributed by atoms with Crippen LogP contribution < -0.4 is 15.0 Å². The fourth-order valence-corrected chi connectivity index (χ4v) is 3.13. The summed E-state index contributed by atoms with van der Waals surface area (Å²) < 4.78 is 5.21. The maximum atomic E-state index is 12.2. The maximum absolute atomic E-state index is 12.2. The number of rotatable bonds is 8. The number of para-hydroxylation sites is 1. The molecule has 0 saturated carbocycles. The monoisotopic (exact) mass is 368 g/mol. The van der Waals surface area contributed by atoms with Crippen molar-refractivity contribution < 1.29 is 14.3 Å². The Balaban J connectivity index is 1.88. The van der Waals surface area contributed by atoms with E-state index in [4.69, 9.17) is 4.74 Å². The summed E-state index contributed by atoms with van der Waals surface area (Å²) in [6.45, 7) is 6.41. The van der Waals surface area contributed by atoms with Gasteiger partial charge in [0.15, 0.2) is 0 Å². The first-order valence-corrected chi connectivity index (χ1v) is 9.16. The second-order valence-corrected chi connectivity index (χ2v) is 6.61. The van der Waals surface area contributed by atoms with Crippen molar-refractivity contribution in [3.8, 4) is 5.75 Å². The number of hydrogen-bond acceptors (Lipinski definition) is 3. The second-order valence-electron chi connectivity index (χ2n) is 6.61. The van der Waals surface area contributed by atoms with E-state index in [1.54, 1.807) is 12.0 Å². The van der Waals surface area contributed by atoms with E-state index in [1.165, 1.54) is 6.92 Å². The Kier molecular flexibility index (Phi) is 7.41. The molecule has 2 rings (SSSR count). The highest BCUT2D eigenvalue weighted by atomic mass is 16.5. The van der Waals surface area contributed by atoms with Crippen molar-refractivity contribution in [2.45, 2.75) is 33.6 Å². The molecule has 0 aliphatic rings. The summed E-state index contributed by atoms with van der Waals surface area (Å²) in [7, 11) is 1.64. The number of benzene rings is 2. The van der Waals surface area contributed by atoms with Gasteiger partial charge >= 0.3 is 0 Å². The number of amides is 2. The molecule has 0 heterocycles. The topological polar surface area (TPSA) is 58.6 Å². The molecule has 0 aliphatic heterocycles. The largest absolute Gasteiger partial charge is 0.497 e. The molecule has 0 aromatic heterocycles. The molecule has 0 aliphatic carbocycles. The lowest BCUT2D eigenvalue weighted by Crippen LogP contribution is -2.35. The van der Waals surface area contributed by atoms with Crippen LogP contribution in [0.1, 0.15) is 30.0 Å². The first-order valence-electron chi connectivity index (χ1n) is 9.16. The van der Waals surface area contributed by atoms with Crippen LogP contribution in [-0.4, -0.2) is 32.0 Å². The van der Waals surface area contributed by atoms with Gasteiger partial charge in [0.05, 0.1) is 7.11 Å². The predicted octanol–water partition coefficient (Wildman–Crippen LogP) is 3.41. The number of anilines is 1. The van der Waals surface area contributed by atoms with E-state index in [0.717, 1.165) is 34.5 Å². The summed E-state index contributed by atoms with van der Waals surface area (Å²) in [5, 5.41) is 2.93. The van der Waals surface area contributed by atoms with Gasteiger partial charge in [-0.1, -0.05) is 30.3 Å². The zero-order valence-corrected chi connectivity index (χ0v) is 16.5. The molecule has 0 spiro atoms. The Hall–Kier alpha value is -2.82. The fourth-order valence-electron chi connectivity index (χ4n) is 3.13. The molecule has 0 unspecified atom stereocenters. The smallest absolute Gasteiger partial charge is 0.223 e. The summed E-state index contributed by atoms with van der Waals surface area (Å²) in [6, 6.07) is 13.7. The lowest BCUT2D eigenvalue weighted by atomic mass is 10.1. The van der Waals surface area contributed by atoms with Crippen LogP contribution >= 0.6 is 0 Å². The third kappa shape index (κ3) is 5.84. The number of nitrogens with zero attached hydrogens (tertiary/aromatic N) is 1. The number of methoxy groups -OCH3 is 1. The van der Waals surface area contributed by atoms with Crippen LogP contribution in [0.4, 0.5) is 5.69 Å². The minimum absolute atomic E-state index is 0.0587. The molecule has 144 valence electrons. The van der Waals surface area contributed by atoms with Gasteiger partial charge in [0.2, 0.25) is 11.8 Å². The first kappa shape index (κ1) is 20.5. The van der Waals surface area contributed by atoms with E-state index in [1.807, 2.05) is 56.3 Å². The molecule has 0 fully saturated rings. The number of carbonyl (C=O) groups excluding carboxylic acids is 2. The van der Waals surface area contributed by atoms with E-state index in [0.29, 0.717) is 13.1 Å². The van der Waals surface area contributed by atoms with Gasteiger partial charge in [0, 0.05) is 32.1 Å². The van der Waals surface area contributed by atoms with E-state index in [2.05, 4.69) is 5.32 Å². The lowest BCUT2D eigenvalue weighted by molar-refractivity contribution is -0.121. The summed E-state index contributed by atoms with van der Waals surface area (Å²) in [5.41, 5.74) is 4.07.